The summed E-state index contributed by atoms with van der Waals surface area (Å²) in [5.41, 5.74) is 3.14. The minimum atomic E-state index is -0.412. The molecule has 0 bridgehead atoms. The third kappa shape index (κ3) is 7.45. The monoisotopic (exact) mass is 494 g/mol. The lowest BCUT2D eigenvalue weighted by Crippen LogP contribution is -2.15. The van der Waals surface area contributed by atoms with Gasteiger partial charge in [0.2, 0.25) is 5.91 Å². The van der Waals surface area contributed by atoms with Gasteiger partial charge in [-0.3, -0.25) is 9.36 Å². The highest BCUT2D eigenvalue weighted by Crippen LogP contribution is 2.22. The van der Waals surface area contributed by atoms with Gasteiger partial charge < -0.3 is 14.8 Å². The van der Waals surface area contributed by atoms with E-state index in [1.165, 1.54) is 17.3 Å². The highest BCUT2D eigenvalue weighted by Gasteiger charge is 2.15. The summed E-state index contributed by atoms with van der Waals surface area (Å²) in [7, 11) is 0. The van der Waals surface area contributed by atoms with Gasteiger partial charge in [0, 0.05) is 12.2 Å². The van der Waals surface area contributed by atoms with Crippen LogP contribution in [-0.2, 0) is 22.7 Å². The molecule has 0 atom stereocenters. The van der Waals surface area contributed by atoms with Crippen molar-refractivity contribution in [2.75, 3.05) is 17.7 Å². The van der Waals surface area contributed by atoms with Crippen molar-refractivity contribution < 1.29 is 19.1 Å². The Hall–Kier alpha value is -3.59. The molecule has 35 heavy (non-hydrogen) atoms. The van der Waals surface area contributed by atoms with E-state index in [2.05, 4.69) is 28.2 Å². The van der Waals surface area contributed by atoms with Gasteiger partial charge in [-0.25, -0.2) is 4.79 Å². The number of anilines is 1. The number of ether oxygens (including phenoxy) is 2. The largest absolute Gasteiger partial charge is 0.485 e. The van der Waals surface area contributed by atoms with Crippen LogP contribution in [0, 0.1) is 13.8 Å². The lowest BCUT2D eigenvalue weighted by Gasteiger charge is -2.11. The van der Waals surface area contributed by atoms with Crippen molar-refractivity contribution >= 4 is 29.3 Å². The molecule has 3 aromatic rings. The Kier molecular flexibility index (Phi) is 9.48. The summed E-state index contributed by atoms with van der Waals surface area (Å²) >= 11 is 1.27. The molecule has 3 rings (SSSR count). The fourth-order valence-corrected chi connectivity index (χ4v) is 4.04. The molecule has 0 aliphatic rings. The summed E-state index contributed by atoms with van der Waals surface area (Å²) in [5, 5.41) is 11.9. The summed E-state index contributed by atoms with van der Waals surface area (Å²) in [5.74, 6) is 0.919. The number of amides is 1. The molecule has 0 fully saturated rings. The molecule has 184 valence electrons. The number of carbonyl (C=O) groups excluding carboxylic acids is 2. The van der Waals surface area contributed by atoms with E-state index < -0.39 is 5.97 Å². The molecule has 1 heterocycles. The van der Waals surface area contributed by atoms with E-state index in [1.807, 2.05) is 37.5 Å². The van der Waals surface area contributed by atoms with E-state index in [4.69, 9.17) is 9.47 Å². The zero-order valence-electron chi connectivity index (χ0n) is 20.2. The fraction of sp³-hybridized carbons (Fsp3) is 0.308. The van der Waals surface area contributed by atoms with Crippen molar-refractivity contribution in [3.8, 4) is 5.75 Å². The second-order valence-corrected chi connectivity index (χ2v) is 8.85. The van der Waals surface area contributed by atoms with Crippen LogP contribution < -0.4 is 10.1 Å². The number of aromatic nitrogens is 3. The number of thioether (sulfide) groups is 1. The number of rotatable bonds is 12. The summed E-state index contributed by atoms with van der Waals surface area (Å²) < 4.78 is 13.0. The van der Waals surface area contributed by atoms with Crippen molar-refractivity contribution in [1.82, 2.24) is 14.8 Å². The Morgan fingerprint density at radius 2 is 2.00 bits per heavy atom. The number of nitrogens with one attached hydrogen (secondary N) is 1. The summed E-state index contributed by atoms with van der Waals surface area (Å²) in [6, 6.07) is 12.7. The number of allylic oxidation sites excluding steroid dienone is 1. The highest BCUT2D eigenvalue weighted by atomic mass is 32.2. The molecule has 8 nitrogen and oxygen atoms in total. The number of hydrogen-bond acceptors (Lipinski definition) is 7. The minimum Gasteiger partial charge on any atom is -0.485 e. The molecule has 9 heteroatoms. The van der Waals surface area contributed by atoms with Gasteiger partial charge in [-0.1, -0.05) is 48.5 Å². The van der Waals surface area contributed by atoms with Crippen LogP contribution in [0.2, 0.25) is 0 Å². The van der Waals surface area contributed by atoms with Gasteiger partial charge in [-0.15, -0.1) is 16.8 Å². The first kappa shape index (κ1) is 26.0. The van der Waals surface area contributed by atoms with E-state index in [-0.39, 0.29) is 18.3 Å². The first-order chi connectivity index (χ1) is 16.9. The molecule has 1 amide bonds. The average molecular weight is 495 g/mol. The van der Waals surface area contributed by atoms with Crippen molar-refractivity contribution in [2.24, 2.45) is 0 Å². The van der Waals surface area contributed by atoms with E-state index in [0.717, 1.165) is 17.7 Å². The van der Waals surface area contributed by atoms with Crippen molar-refractivity contribution in [1.29, 1.82) is 0 Å². The quantitative estimate of drug-likeness (QED) is 0.216. The number of nitrogens with zero attached hydrogens (tertiary/aromatic N) is 3. The van der Waals surface area contributed by atoms with E-state index in [0.29, 0.717) is 35.4 Å². The molecule has 0 saturated carbocycles. The Bertz CT molecular complexity index is 1190. The van der Waals surface area contributed by atoms with Gasteiger partial charge >= 0.3 is 5.97 Å². The van der Waals surface area contributed by atoms with Crippen LogP contribution in [0.1, 0.15) is 40.7 Å². The summed E-state index contributed by atoms with van der Waals surface area (Å²) in [6.07, 6.45) is 2.49. The van der Waals surface area contributed by atoms with E-state index >= 15 is 0 Å². The van der Waals surface area contributed by atoms with Gasteiger partial charge in [0.1, 0.15) is 12.4 Å². The summed E-state index contributed by atoms with van der Waals surface area (Å²) in [6.45, 7) is 10.9. The SMILES string of the molecule is C=CCn1c(COc2ccc(C)cc2C)nnc1SCC(=O)Nc1cccc(C(=O)OCCC)c1. The maximum absolute atomic E-state index is 12.5. The van der Waals surface area contributed by atoms with Gasteiger partial charge in [-0.05, 0) is 50.1 Å². The Morgan fingerprint density at radius 3 is 2.74 bits per heavy atom. The molecule has 0 unspecified atom stereocenters. The molecule has 1 aromatic heterocycles. The van der Waals surface area contributed by atoms with Gasteiger partial charge in [0.15, 0.2) is 11.0 Å². The topological polar surface area (TPSA) is 95.3 Å². The standard InChI is InChI=1S/C26H30N4O4S/c1-5-12-30-23(16-34-22-11-10-18(3)14-19(22)4)28-29-26(30)35-17-24(31)27-21-9-7-8-20(15-21)25(32)33-13-6-2/h5,7-11,14-15H,1,6,12-13,16-17H2,2-4H3,(H,27,31). The van der Waals surface area contributed by atoms with E-state index in [1.54, 1.807) is 30.3 Å². The summed E-state index contributed by atoms with van der Waals surface area (Å²) in [4.78, 5) is 24.6. The first-order valence-corrected chi connectivity index (χ1v) is 12.3. The third-order valence-electron chi connectivity index (χ3n) is 4.94. The Balaban J connectivity index is 1.60. The third-order valence-corrected chi connectivity index (χ3v) is 5.91. The molecule has 0 saturated heterocycles. The van der Waals surface area contributed by atoms with Gasteiger partial charge in [0.05, 0.1) is 17.9 Å². The fourth-order valence-electron chi connectivity index (χ4n) is 3.28. The second kappa shape index (κ2) is 12.8. The van der Waals surface area contributed by atoms with Crippen LogP contribution in [0.15, 0.2) is 60.3 Å². The predicted octanol–water partition coefficient (Wildman–Crippen LogP) is 4.96. The first-order valence-electron chi connectivity index (χ1n) is 11.3. The molecule has 0 spiro atoms. The maximum atomic E-state index is 12.5. The van der Waals surface area contributed by atoms with Crippen LogP contribution in [-0.4, -0.2) is 39.0 Å². The number of esters is 1. The molecule has 0 aliphatic heterocycles. The minimum absolute atomic E-state index is 0.123. The van der Waals surface area contributed by atoms with Crippen LogP contribution in [0.5, 0.6) is 5.75 Å². The lowest BCUT2D eigenvalue weighted by molar-refractivity contribution is -0.113. The molecule has 2 aromatic carbocycles. The van der Waals surface area contributed by atoms with Crippen LogP contribution in [0.25, 0.3) is 0 Å². The predicted molar refractivity (Wildman–Crippen MR) is 137 cm³/mol. The Morgan fingerprint density at radius 1 is 1.17 bits per heavy atom. The van der Waals surface area contributed by atoms with Crippen LogP contribution >= 0.6 is 11.8 Å². The van der Waals surface area contributed by atoms with Crippen LogP contribution in [0.4, 0.5) is 5.69 Å². The zero-order valence-corrected chi connectivity index (χ0v) is 21.1. The molecule has 0 aliphatic carbocycles. The normalized spacial score (nSPS) is 10.6. The zero-order chi connectivity index (χ0) is 25.2. The van der Waals surface area contributed by atoms with Crippen molar-refractivity contribution in [3.63, 3.8) is 0 Å². The average Bonchev–Trinajstić information content (AvgIpc) is 3.22. The highest BCUT2D eigenvalue weighted by molar-refractivity contribution is 7.99. The van der Waals surface area contributed by atoms with Crippen molar-refractivity contribution in [2.45, 2.75) is 45.5 Å². The number of hydrogen-bond donors (Lipinski definition) is 1. The molecular weight excluding hydrogens is 464 g/mol. The van der Waals surface area contributed by atoms with Gasteiger partial charge in [0.25, 0.3) is 0 Å². The molecular formula is C26H30N4O4S. The lowest BCUT2D eigenvalue weighted by atomic mass is 10.1. The van der Waals surface area contributed by atoms with Gasteiger partial charge in [-0.2, -0.15) is 0 Å². The van der Waals surface area contributed by atoms with E-state index in [9.17, 15) is 9.59 Å². The number of aryl methyl sites for hydroxylation is 2. The molecule has 0 radical (unpaired) electrons. The van der Waals surface area contributed by atoms with Crippen LogP contribution in [0.3, 0.4) is 0 Å². The second-order valence-electron chi connectivity index (χ2n) is 7.91. The van der Waals surface area contributed by atoms with Crippen molar-refractivity contribution in [3.05, 3.63) is 77.6 Å². The Labute approximate surface area is 209 Å². The maximum Gasteiger partial charge on any atom is 0.338 e. The number of benzene rings is 2. The molecule has 1 N–H and O–H groups in total. The number of carbonyl (C=O) groups is 2. The smallest absolute Gasteiger partial charge is 0.338 e.